The van der Waals surface area contributed by atoms with Gasteiger partial charge in [0.25, 0.3) is 5.91 Å². The Kier molecular flexibility index (Phi) is 7.11. The summed E-state index contributed by atoms with van der Waals surface area (Å²) in [6.07, 6.45) is -0.595. The zero-order valence-corrected chi connectivity index (χ0v) is 17.5. The molecule has 1 aliphatic heterocycles. The van der Waals surface area contributed by atoms with E-state index in [9.17, 15) is 14.3 Å². The number of amides is 1. The normalized spacial score (nSPS) is 19.0. The summed E-state index contributed by atoms with van der Waals surface area (Å²) in [6.45, 7) is 5.08. The van der Waals surface area contributed by atoms with E-state index in [1.165, 1.54) is 12.1 Å². The van der Waals surface area contributed by atoms with Crippen LogP contribution in [0.3, 0.4) is 0 Å². The highest BCUT2D eigenvalue weighted by Gasteiger charge is 2.37. The summed E-state index contributed by atoms with van der Waals surface area (Å²) in [5, 5.41) is 11.2. The predicted molar refractivity (Wildman–Crippen MR) is 114 cm³/mol. The van der Waals surface area contributed by atoms with Gasteiger partial charge in [0.1, 0.15) is 5.82 Å². The van der Waals surface area contributed by atoms with Crippen LogP contribution in [0, 0.1) is 5.82 Å². The van der Waals surface area contributed by atoms with Crippen molar-refractivity contribution >= 4 is 23.2 Å². The zero-order chi connectivity index (χ0) is 21.0. The van der Waals surface area contributed by atoms with Crippen LogP contribution in [0.5, 0.6) is 0 Å². The number of halogens is 2. The van der Waals surface area contributed by atoms with Gasteiger partial charge in [0, 0.05) is 49.5 Å². The van der Waals surface area contributed by atoms with Crippen molar-refractivity contribution in [1.29, 1.82) is 0 Å². The van der Waals surface area contributed by atoms with Crippen LogP contribution < -0.4 is 4.90 Å². The Morgan fingerprint density at radius 1 is 1.14 bits per heavy atom. The Labute approximate surface area is 176 Å². The Morgan fingerprint density at radius 3 is 2.41 bits per heavy atom. The molecule has 1 saturated heterocycles. The fourth-order valence-electron chi connectivity index (χ4n) is 3.73. The minimum Gasteiger partial charge on any atom is -0.390 e. The molecule has 0 radical (unpaired) electrons. The molecule has 1 fully saturated rings. The molecule has 1 aliphatic rings. The second-order valence-corrected chi connectivity index (χ2v) is 7.81. The van der Waals surface area contributed by atoms with Crippen LogP contribution >= 0.6 is 11.6 Å². The average Bonchev–Trinajstić information content (AvgIpc) is 3.10. The van der Waals surface area contributed by atoms with Gasteiger partial charge in [-0.1, -0.05) is 18.5 Å². The molecule has 29 heavy (non-hydrogen) atoms. The fraction of sp³-hybridized carbons (Fsp3) is 0.409. The number of aliphatic hydroxyl groups excluding tert-OH is 1. The number of hydrogen-bond donors (Lipinski definition) is 1. The van der Waals surface area contributed by atoms with E-state index in [0.29, 0.717) is 23.7 Å². The molecule has 0 saturated carbocycles. The largest absolute Gasteiger partial charge is 0.390 e. The highest BCUT2D eigenvalue weighted by molar-refractivity contribution is 6.30. The first-order valence-corrected chi connectivity index (χ1v) is 10.2. The number of anilines is 1. The topological polar surface area (TPSA) is 47.0 Å². The number of nitrogens with zero attached hydrogens (tertiary/aromatic N) is 3. The third kappa shape index (κ3) is 5.26. The van der Waals surface area contributed by atoms with Crippen LogP contribution in [0.1, 0.15) is 17.3 Å². The number of carbonyl (C=O) groups excluding carboxylic acids is 1. The molecule has 2 aromatic carbocycles. The van der Waals surface area contributed by atoms with E-state index in [2.05, 4.69) is 9.80 Å². The van der Waals surface area contributed by atoms with Crippen molar-refractivity contribution in [3.63, 3.8) is 0 Å². The Morgan fingerprint density at radius 2 is 1.79 bits per heavy atom. The number of likely N-dealkylation sites (N-methyl/N-ethyl adjacent to an activating group) is 2. The summed E-state index contributed by atoms with van der Waals surface area (Å²) in [5.41, 5.74) is 1.51. The van der Waals surface area contributed by atoms with E-state index in [0.717, 1.165) is 25.3 Å². The Balaban J connectivity index is 1.59. The van der Waals surface area contributed by atoms with Crippen LogP contribution in [-0.4, -0.2) is 72.7 Å². The lowest BCUT2D eigenvalue weighted by molar-refractivity contribution is 0.0761. The quantitative estimate of drug-likeness (QED) is 0.749. The summed E-state index contributed by atoms with van der Waals surface area (Å²) in [6, 6.07) is 13.1. The number of aliphatic hydroxyl groups is 1. The molecular weight excluding hydrogens is 393 g/mol. The summed E-state index contributed by atoms with van der Waals surface area (Å²) < 4.78 is 13.1. The van der Waals surface area contributed by atoms with E-state index in [-0.39, 0.29) is 17.8 Å². The van der Waals surface area contributed by atoms with Crippen molar-refractivity contribution in [3.8, 4) is 0 Å². The maximum atomic E-state index is 13.1. The van der Waals surface area contributed by atoms with Gasteiger partial charge in [0.05, 0.1) is 12.1 Å². The highest BCUT2D eigenvalue weighted by atomic mass is 35.5. The highest BCUT2D eigenvalue weighted by Crippen LogP contribution is 2.20. The van der Waals surface area contributed by atoms with E-state index in [1.807, 2.05) is 14.0 Å². The number of hydrogen-bond acceptors (Lipinski definition) is 4. The van der Waals surface area contributed by atoms with Gasteiger partial charge in [0.2, 0.25) is 0 Å². The van der Waals surface area contributed by atoms with Gasteiger partial charge < -0.3 is 14.9 Å². The van der Waals surface area contributed by atoms with Crippen molar-refractivity contribution in [1.82, 2.24) is 9.80 Å². The SMILES string of the molecule is CCN(CCN(C)c1ccc(F)cc1)[C@@H]1CN(C(=O)c2ccc(Cl)cc2)C[C@H]1O. The molecule has 0 spiro atoms. The van der Waals surface area contributed by atoms with Crippen LogP contribution in [0.15, 0.2) is 48.5 Å². The number of likely N-dealkylation sites (tertiary alicyclic amines) is 1. The van der Waals surface area contributed by atoms with Gasteiger partial charge in [0.15, 0.2) is 0 Å². The van der Waals surface area contributed by atoms with Gasteiger partial charge >= 0.3 is 0 Å². The van der Waals surface area contributed by atoms with Crippen molar-refractivity contribution in [2.75, 3.05) is 44.7 Å². The van der Waals surface area contributed by atoms with Gasteiger partial charge in [-0.2, -0.15) is 0 Å². The second kappa shape index (κ2) is 9.57. The van der Waals surface area contributed by atoms with Crippen molar-refractivity contribution in [3.05, 3.63) is 64.9 Å². The molecular formula is C22H27ClFN3O2. The maximum absolute atomic E-state index is 13.1. The zero-order valence-electron chi connectivity index (χ0n) is 16.8. The minimum atomic E-state index is -0.595. The molecule has 1 N–H and O–H groups in total. The molecule has 0 aromatic heterocycles. The third-order valence-electron chi connectivity index (χ3n) is 5.50. The smallest absolute Gasteiger partial charge is 0.253 e. The minimum absolute atomic E-state index is 0.0947. The Hall–Kier alpha value is -2.15. The van der Waals surface area contributed by atoms with Crippen LogP contribution in [0.4, 0.5) is 10.1 Å². The van der Waals surface area contributed by atoms with Gasteiger partial charge in [-0.05, 0) is 55.1 Å². The standard InChI is InChI=1S/C22H27ClFN3O2/c1-3-26(13-12-25(2)19-10-8-18(24)9-11-19)20-14-27(15-21(20)28)22(29)16-4-6-17(23)7-5-16/h4-11,20-21,28H,3,12-15H2,1-2H3/t20-,21-/m1/s1. The predicted octanol–water partition coefficient (Wildman–Crippen LogP) is 3.12. The van der Waals surface area contributed by atoms with E-state index < -0.39 is 6.10 Å². The third-order valence-corrected chi connectivity index (χ3v) is 5.75. The van der Waals surface area contributed by atoms with E-state index in [4.69, 9.17) is 11.6 Å². The molecule has 156 valence electrons. The molecule has 0 unspecified atom stereocenters. The first kappa shape index (κ1) is 21.6. The number of β-amino-alcohol motifs (C(OH)–C–C–N with tert-alkyl or cyclic N) is 1. The van der Waals surface area contributed by atoms with Crippen molar-refractivity contribution < 1.29 is 14.3 Å². The van der Waals surface area contributed by atoms with Crippen LogP contribution in [0.2, 0.25) is 5.02 Å². The summed E-state index contributed by atoms with van der Waals surface area (Å²) in [5.74, 6) is -0.348. The first-order chi connectivity index (χ1) is 13.9. The summed E-state index contributed by atoms with van der Waals surface area (Å²) >= 11 is 5.90. The van der Waals surface area contributed by atoms with Gasteiger partial charge in [-0.15, -0.1) is 0 Å². The molecule has 2 aromatic rings. The number of carbonyl (C=O) groups is 1. The molecule has 1 heterocycles. The lowest BCUT2D eigenvalue weighted by Gasteiger charge is -2.31. The molecule has 7 heteroatoms. The average molecular weight is 420 g/mol. The number of rotatable bonds is 7. The summed E-state index contributed by atoms with van der Waals surface area (Å²) in [7, 11) is 1.96. The van der Waals surface area contributed by atoms with Gasteiger partial charge in [-0.25, -0.2) is 4.39 Å². The van der Waals surface area contributed by atoms with Crippen LogP contribution in [0.25, 0.3) is 0 Å². The van der Waals surface area contributed by atoms with Crippen molar-refractivity contribution in [2.24, 2.45) is 0 Å². The second-order valence-electron chi connectivity index (χ2n) is 7.38. The molecule has 3 rings (SSSR count). The fourth-order valence-corrected chi connectivity index (χ4v) is 3.86. The molecule has 0 bridgehead atoms. The van der Waals surface area contributed by atoms with E-state index >= 15 is 0 Å². The van der Waals surface area contributed by atoms with Gasteiger partial charge in [-0.3, -0.25) is 9.69 Å². The number of benzene rings is 2. The molecule has 1 amide bonds. The lowest BCUT2D eigenvalue weighted by Crippen LogP contribution is -2.46. The first-order valence-electron chi connectivity index (χ1n) is 9.82. The van der Waals surface area contributed by atoms with E-state index in [1.54, 1.807) is 41.3 Å². The molecule has 5 nitrogen and oxygen atoms in total. The Bertz CT molecular complexity index is 816. The van der Waals surface area contributed by atoms with Crippen molar-refractivity contribution in [2.45, 2.75) is 19.1 Å². The molecule has 0 aliphatic carbocycles. The lowest BCUT2D eigenvalue weighted by atomic mass is 10.2. The monoisotopic (exact) mass is 419 g/mol. The maximum Gasteiger partial charge on any atom is 0.253 e. The van der Waals surface area contributed by atoms with Crippen LogP contribution in [-0.2, 0) is 0 Å². The molecule has 2 atom stereocenters. The summed E-state index contributed by atoms with van der Waals surface area (Å²) in [4.78, 5) is 18.7.